The Bertz CT molecular complexity index is 453. The number of rotatable bonds is 3. The third-order valence-electron chi connectivity index (χ3n) is 2.55. The van der Waals surface area contributed by atoms with Crippen LogP contribution in [0.1, 0.15) is 5.56 Å². The molecule has 15 heavy (non-hydrogen) atoms. The second-order valence-corrected chi connectivity index (χ2v) is 4.19. The molecular weight excluding hydrogens is 202 g/mol. The van der Waals surface area contributed by atoms with Gasteiger partial charge < -0.3 is 5.73 Å². The first-order valence-electron chi connectivity index (χ1n) is 5.13. The van der Waals surface area contributed by atoms with Crippen LogP contribution in [0.2, 0.25) is 0 Å². The smallest absolute Gasteiger partial charge is 0.0168 e. The topological polar surface area (TPSA) is 26.0 Å². The van der Waals surface area contributed by atoms with E-state index in [2.05, 4.69) is 55.1 Å². The molecule has 0 aliphatic heterocycles. The summed E-state index contributed by atoms with van der Waals surface area (Å²) in [4.78, 5) is 0. The van der Waals surface area contributed by atoms with Crippen molar-refractivity contribution in [2.45, 2.75) is 12.5 Å². The van der Waals surface area contributed by atoms with Crippen molar-refractivity contribution in [3.8, 4) is 0 Å². The minimum absolute atomic E-state index is 0.148. The molecule has 2 N–H and O–H groups in total. The third kappa shape index (κ3) is 2.52. The number of fused-ring (bicyclic) bond motifs is 1. The Balaban J connectivity index is 2.30. The summed E-state index contributed by atoms with van der Waals surface area (Å²) in [6.07, 6.45) is 0.897. The molecule has 0 radical (unpaired) electrons. The zero-order valence-electron chi connectivity index (χ0n) is 8.56. The largest absolute Gasteiger partial charge is 0.327 e. The van der Waals surface area contributed by atoms with Crippen LogP contribution >= 0.6 is 12.6 Å². The fraction of sp³-hybridized carbons (Fsp3) is 0.231. The minimum atomic E-state index is 0.148. The van der Waals surface area contributed by atoms with Crippen molar-refractivity contribution in [3.63, 3.8) is 0 Å². The van der Waals surface area contributed by atoms with Crippen molar-refractivity contribution in [2.24, 2.45) is 5.73 Å². The van der Waals surface area contributed by atoms with Crippen molar-refractivity contribution < 1.29 is 0 Å². The predicted molar refractivity (Wildman–Crippen MR) is 69.5 cm³/mol. The van der Waals surface area contributed by atoms with E-state index in [0.29, 0.717) is 0 Å². The fourth-order valence-corrected chi connectivity index (χ4v) is 1.86. The molecule has 0 aromatic heterocycles. The van der Waals surface area contributed by atoms with Crippen molar-refractivity contribution in [3.05, 3.63) is 48.0 Å². The van der Waals surface area contributed by atoms with Gasteiger partial charge in [0.2, 0.25) is 0 Å². The second kappa shape index (κ2) is 4.69. The number of nitrogens with two attached hydrogens (primary N) is 1. The van der Waals surface area contributed by atoms with Gasteiger partial charge in [0, 0.05) is 11.8 Å². The van der Waals surface area contributed by atoms with Gasteiger partial charge in [0.25, 0.3) is 0 Å². The van der Waals surface area contributed by atoms with Gasteiger partial charge in [-0.3, -0.25) is 0 Å². The molecule has 2 rings (SSSR count). The minimum Gasteiger partial charge on any atom is -0.327 e. The maximum Gasteiger partial charge on any atom is 0.0168 e. The summed E-state index contributed by atoms with van der Waals surface area (Å²) < 4.78 is 0. The zero-order valence-corrected chi connectivity index (χ0v) is 9.45. The lowest BCUT2D eigenvalue weighted by atomic mass is 10.0. The first kappa shape index (κ1) is 10.5. The van der Waals surface area contributed by atoms with Crippen LogP contribution < -0.4 is 5.73 Å². The first-order valence-corrected chi connectivity index (χ1v) is 5.77. The lowest BCUT2D eigenvalue weighted by molar-refractivity contribution is 0.751. The maximum absolute atomic E-state index is 5.87. The number of thiol groups is 1. The number of benzene rings is 2. The van der Waals surface area contributed by atoms with Crippen LogP contribution in [0, 0.1) is 0 Å². The van der Waals surface area contributed by atoms with E-state index in [0.717, 1.165) is 12.2 Å². The van der Waals surface area contributed by atoms with E-state index in [1.807, 2.05) is 0 Å². The third-order valence-corrected chi connectivity index (χ3v) is 3.02. The lowest BCUT2D eigenvalue weighted by Crippen LogP contribution is -2.24. The zero-order chi connectivity index (χ0) is 10.7. The standard InChI is InChI=1S/C13H15NS/c14-13(9-15)8-10-5-6-11-3-1-2-4-12(11)7-10/h1-7,13,15H,8-9,14H2/t13-/m0/s1. The van der Waals surface area contributed by atoms with Crippen molar-refractivity contribution >= 4 is 23.4 Å². The molecule has 0 fully saturated rings. The Morgan fingerprint density at radius 2 is 1.80 bits per heavy atom. The molecule has 2 aromatic rings. The van der Waals surface area contributed by atoms with E-state index in [9.17, 15) is 0 Å². The molecular formula is C13H15NS. The van der Waals surface area contributed by atoms with E-state index in [1.165, 1.54) is 16.3 Å². The van der Waals surface area contributed by atoms with E-state index in [4.69, 9.17) is 5.73 Å². The van der Waals surface area contributed by atoms with Gasteiger partial charge >= 0.3 is 0 Å². The van der Waals surface area contributed by atoms with E-state index in [1.54, 1.807) is 0 Å². The predicted octanol–water partition coefficient (Wildman–Crippen LogP) is 2.64. The Morgan fingerprint density at radius 3 is 2.53 bits per heavy atom. The van der Waals surface area contributed by atoms with Gasteiger partial charge in [-0.05, 0) is 22.8 Å². The van der Waals surface area contributed by atoms with Crippen LogP contribution in [0.5, 0.6) is 0 Å². The van der Waals surface area contributed by atoms with Crippen LogP contribution in [0.15, 0.2) is 42.5 Å². The van der Waals surface area contributed by atoms with Crippen LogP contribution in [0.25, 0.3) is 10.8 Å². The highest BCUT2D eigenvalue weighted by Gasteiger charge is 2.02. The molecule has 0 saturated heterocycles. The quantitative estimate of drug-likeness (QED) is 0.759. The average molecular weight is 217 g/mol. The number of hydrogen-bond acceptors (Lipinski definition) is 2. The monoisotopic (exact) mass is 217 g/mol. The van der Waals surface area contributed by atoms with Gasteiger partial charge in [0.15, 0.2) is 0 Å². The maximum atomic E-state index is 5.87. The summed E-state index contributed by atoms with van der Waals surface area (Å²) in [5, 5.41) is 2.56. The molecule has 0 aliphatic carbocycles. The summed E-state index contributed by atoms with van der Waals surface area (Å²) in [5.74, 6) is 0.729. The highest BCUT2D eigenvalue weighted by atomic mass is 32.1. The molecule has 0 bridgehead atoms. The Kier molecular flexibility index (Phi) is 3.29. The molecule has 0 unspecified atom stereocenters. The van der Waals surface area contributed by atoms with E-state index >= 15 is 0 Å². The molecule has 1 atom stereocenters. The second-order valence-electron chi connectivity index (χ2n) is 3.83. The van der Waals surface area contributed by atoms with Crippen molar-refractivity contribution in [2.75, 3.05) is 5.75 Å². The molecule has 0 heterocycles. The van der Waals surface area contributed by atoms with Gasteiger partial charge in [-0.25, -0.2) is 0 Å². The molecule has 2 heteroatoms. The highest BCUT2D eigenvalue weighted by Crippen LogP contribution is 2.16. The summed E-state index contributed by atoms with van der Waals surface area (Å²) >= 11 is 4.19. The molecule has 0 amide bonds. The van der Waals surface area contributed by atoms with Gasteiger partial charge in [-0.2, -0.15) is 12.6 Å². The van der Waals surface area contributed by atoms with Crippen LogP contribution in [-0.4, -0.2) is 11.8 Å². The van der Waals surface area contributed by atoms with Gasteiger partial charge in [-0.15, -0.1) is 0 Å². The van der Waals surface area contributed by atoms with Crippen molar-refractivity contribution in [1.82, 2.24) is 0 Å². The molecule has 78 valence electrons. The highest BCUT2D eigenvalue weighted by molar-refractivity contribution is 7.80. The normalized spacial score (nSPS) is 12.9. The van der Waals surface area contributed by atoms with Crippen LogP contribution in [0.4, 0.5) is 0 Å². The van der Waals surface area contributed by atoms with Gasteiger partial charge in [-0.1, -0.05) is 42.5 Å². The van der Waals surface area contributed by atoms with Crippen LogP contribution in [0.3, 0.4) is 0 Å². The number of hydrogen-bond donors (Lipinski definition) is 2. The molecule has 0 spiro atoms. The van der Waals surface area contributed by atoms with Crippen molar-refractivity contribution in [1.29, 1.82) is 0 Å². The fourth-order valence-electron chi connectivity index (χ4n) is 1.73. The Morgan fingerprint density at radius 1 is 1.07 bits per heavy atom. The summed E-state index contributed by atoms with van der Waals surface area (Å²) in [6.45, 7) is 0. The molecule has 2 aromatic carbocycles. The van der Waals surface area contributed by atoms with Gasteiger partial charge in [0.05, 0.1) is 0 Å². The lowest BCUT2D eigenvalue weighted by Gasteiger charge is -2.08. The molecule has 0 aliphatic rings. The summed E-state index contributed by atoms with van der Waals surface area (Å²) in [7, 11) is 0. The van der Waals surface area contributed by atoms with E-state index in [-0.39, 0.29) is 6.04 Å². The van der Waals surface area contributed by atoms with Gasteiger partial charge in [0.1, 0.15) is 0 Å². The first-order chi connectivity index (χ1) is 7.29. The summed E-state index contributed by atoms with van der Waals surface area (Å²) in [6, 6.07) is 15.0. The van der Waals surface area contributed by atoms with Crippen LogP contribution in [-0.2, 0) is 6.42 Å². The summed E-state index contributed by atoms with van der Waals surface area (Å²) in [5.41, 5.74) is 7.16. The SMILES string of the molecule is N[C@H](CS)Cc1ccc2ccccc2c1. The van der Waals surface area contributed by atoms with E-state index < -0.39 is 0 Å². The Hall–Kier alpha value is -0.990. The average Bonchev–Trinajstić information content (AvgIpc) is 2.29. The molecule has 1 nitrogen and oxygen atoms in total. The Labute approximate surface area is 95.7 Å². The molecule has 0 saturated carbocycles.